The minimum absolute atomic E-state index is 0.0407. The molecule has 6 heteroatoms. The summed E-state index contributed by atoms with van der Waals surface area (Å²) in [6, 6.07) is 3.12. The van der Waals surface area contributed by atoms with Crippen molar-refractivity contribution in [3.05, 3.63) is 24.0 Å². The lowest BCUT2D eigenvalue weighted by Gasteiger charge is -2.02. The van der Waals surface area contributed by atoms with Gasteiger partial charge in [-0.1, -0.05) is 0 Å². The minimum atomic E-state index is 0.0407. The Labute approximate surface area is 85.6 Å². The van der Waals surface area contributed by atoms with Crippen molar-refractivity contribution in [2.45, 2.75) is 6.92 Å². The van der Waals surface area contributed by atoms with Crippen LogP contribution in [0.5, 0.6) is 5.75 Å². The van der Waals surface area contributed by atoms with Gasteiger partial charge >= 0.3 is 0 Å². The molecule has 13 heavy (non-hydrogen) atoms. The first kappa shape index (κ1) is 10.1. The van der Waals surface area contributed by atoms with E-state index in [0.717, 1.165) is 0 Å². The highest BCUT2D eigenvalue weighted by Crippen LogP contribution is 2.14. The Hall–Kier alpha value is -1.00. The Kier molecular flexibility index (Phi) is 3.33. The lowest BCUT2D eigenvalue weighted by Crippen LogP contribution is -2.01. The van der Waals surface area contributed by atoms with E-state index in [2.05, 4.69) is 10.1 Å². The Morgan fingerprint density at radius 3 is 2.85 bits per heavy atom. The van der Waals surface area contributed by atoms with Gasteiger partial charge in [0, 0.05) is 6.20 Å². The van der Waals surface area contributed by atoms with E-state index in [1.165, 1.54) is 6.07 Å². The molecule has 1 aromatic heterocycles. The molecule has 0 aliphatic heterocycles. The molecule has 70 valence electrons. The normalized spacial score (nSPS) is 11.5. The molecule has 0 radical (unpaired) electrons. The maximum absolute atomic E-state index is 9.35. The summed E-state index contributed by atoms with van der Waals surface area (Å²) in [5.41, 5.74) is 0.789. The van der Waals surface area contributed by atoms with E-state index in [-0.39, 0.29) is 5.75 Å². The molecule has 0 atom stereocenters. The standard InChI is InChI=1S/C7H7Cl2N3O/c1-5(11-12(8)9)7-6(13)3-2-4-10-7/h2-4,13H,1H3. The summed E-state index contributed by atoms with van der Waals surface area (Å²) in [5, 5.41) is 13.0. The maximum atomic E-state index is 9.35. The summed E-state index contributed by atoms with van der Waals surface area (Å²) in [4.78, 5) is 3.91. The third-order valence-electron chi connectivity index (χ3n) is 1.35. The Bertz CT molecular complexity index is 327. The van der Waals surface area contributed by atoms with Gasteiger partial charge < -0.3 is 5.11 Å². The summed E-state index contributed by atoms with van der Waals surface area (Å²) in [5.74, 6) is 0.0407. The average molecular weight is 220 g/mol. The fourth-order valence-corrected chi connectivity index (χ4v) is 1.06. The lowest BCUT2D eigenvalue weighted by atomic mass is 10.2. The number of hydrogen-bond donors (Lipinski definition) is 1. The molecular formula is C7H7Cl2N3O. The van der Waals surface area contributed by atoms with Crippen molar-refractivity contribution in [3.63, 3.8) is 0 Å². The van der Waals surface area contributed by atoms with Crippen molar-refractivity contribution in [3.8, 4) is 5.75 Å². The van der Waals surface area contributed by atoms with Crippen LogP contribution in [0.4, 0.5) is 0 Å². The third-order valence-corrected chi connectivity index (χ3v) is 1.51. The second-order valence-corrected chi connectivity index (χ2v) is 3.09. The van der Waals surface area contributed by atoms with Gasteiger partial charge in [-0.3, -0.25) is 4.98 Å². The molecule has 0 bridgehead atoms. The number of hydrazone groups is 1. The fraction of sp³-hybridized carbons (Fsp3) is 0.143. The highest BCUT2D eigenvalue weighted by molar-refractivity contribution is 6.33. The van der Waals surface area contributed by atoms with Crippen molar-refractivity contribution >= 4 is 29.3 Å². The minimum Gasteiger partial charge on any atom is -0.506 e. The zero-order valence-electron chi connectivity index (χ0n) is 6.78. The average Bonchev–Trinajstić information content (AvgIpc) is 2.03. The zero-order valence-corrected chi connectivity index (χ0v) is 8.29. The maximum Gasteiger partial charge on any atom is 0.143 e. The third kappa shape index (κ3) is 2.75. The molecule has 1 rings (SSSR count). The van der Waals surface area contributed by atoms with E-state index in [1.54, 1.807) is 19.2 Å². The van der Waals surface area contributed by atoms with Crippen molar-refractivity contribution in [2.75, 3.05) is 0 Å². The van der Waals surface area contributed by atoms with Gasteiger partial charge in [0.05, 0.1) is 29.3 Å². The van der Waals surface area contributed by atoms with Crippen LogP contribution in [0.15, 0.2) is 23.4 Å². The van der Waals surface area contributed by atoms with Gasteiger partial charge in [-0.25, -0.2) is 0 Å². The van der Waals surface area contributed by atoms with Crippen LogP contribution >= 0.6 is 23.6 Å². The van der Waals surface area contributed by atoms with Crippen molar-refractivity contribution in [1.82, 2.24) is 9.03 Å². The summed E-state index contributed by atoms with van der Waals surface area (Å²) in [6.45, 7) is 1.64. The fourth-order valence-electron chi connectivity index (χ4n) is 0.836. The molecular weight excluding hydrogens is 213 g/mol. The van der Waals surface area contributed by atoms with Gasteiger partial charge in [-0.05, 0) is 19.1 Å². The van der Waals surface area contributed by atoms with E-state index in [0.29, 0.717) is 15.5 Å². The highest BCUT2D eigenvalue weighted by Gasteiger charge is 2.05. The van der Waals surface area contributed by atoms with Gasteiger partial charge in [-0.2, -0.15) is 0 Å². The van der Waals surface area contributed by atoms with Crippen LogP contribution in [0.3, 0.4) is 0 Å². The van der Waals surface area contributed by atoms with Crippen LogP contribution in [-0.4, -0.2) is 19.8 Å². The van der Waals surface area contributed by atoms with Crippen LogP contribution in [0.2, 0.25) is 0 Å². The first-order valence-corrected chi connectivity index (χ1v) is 4.10. The first-order chi connectivity index (χ1) is 6.11. The highest BCUT2D eigenvalue weighted by atomic mass is 35.5. The summed E-state index contributed by atoms with van der Waals surface area (Å²) in [6.07, 6.45) is 1.54. The quantitative estimate of drug-likeness (QED) is 0.471. The number of nitrogens with zero attached hydrogens (tertiary/aromatic N) is 3. The number of halogens is 2. The Morgan fingerprint density at radius 1 is 1.62 bits per heavy atom. The van der Waals surface area contributed by atoms with Crippen LogP contribution in [0, 0.1) is 0 Å². The van der Waals surface area contributed by atoms with Gasteiger partial charge in [0.1, 0.15) is 11.4 Å². The van der Waals surface area contributed by atoms with E-state index >= 15 is 0 Å². The molecule has 0 unspecified atom stereocenters. The molecule has 1 N–H and O–H groups in total. The van der Waals surface area contributed by atoms with E-state index in [4.69, 9.17) is 23.6 Å². The number of hydrogen-bond acceptors (Lipinski definition) is 4. The van der Waals surface area contributed by atoms with E-state index in [9.17, 15) is 5.11 Å². The number of rotatable bonds is 2. The summed E-state index contributed by atoms with van der Waals surface area (Å²) < 4.78 is 0.615. The van der Waals surface area contributed by atoms with Crippen molar-refractivity contribution in [1.29, 1.82) is 0 Å². The van der Waals surface area contributed by atoms with Crippen LogP contribution in [0.25, 0.3) is 0 Å². The van der Waals surface area contributed by atoms with E-state index in [1.807, 2.05) is 0 Å². The SMILES string of the molecule is CC(=NN(Cl)Cl)c1ncccc1O. The second kappa shape index (κ2) is 4.30. The molecule has 0 amide bonds. The molecule has 1 aromatic rings. The molecule has 0 saturated carbocycles. The van der Waals surface area contributed by atoms with Gasteiger partial charge in [0.2, 0.25) is 0 Å². The largest absolute Gasteiger partial charge is 0.506 e. The van der Waals surface area contributed by atoms with Crippen LogP contribution < -0.4 is 0 Å². The predicted molar refractivity (Wildman–Crippen MR) is 51.7 cm³/mol. The number of aromatic nitrogens is 1. The Balaban J connectivity index is 3.02. The van der Waals surface area contributed by atoms with Gasteiger partial charge in [-0.15, -0.1) is 9.15 Å². The van der Waals surface area contributed by atoms with Gasteiger partial charge in [0.25, 0.3) is 0 Å². The molecule has 4 nitrogen and oxygen atoms in total. The summed E-state index contributed by atoms with van der Waals surface area (Å²) >= 11 is 10.6. The predicted octanol–water partition coefficient (Wildman–Crippen LogP) is 2.12. The molecule has 0 aliphatic rings. The van der Waals surface area contributed by atoms with Crippen molar-refractivity contribution in [2.24, 2.45) is 5.10 Å². The number of pyridine rings is 1. The second-order valence-electron chi connectivity index (χ2n) is 2.27. The molecule has 1 heterocycles. The monoisotopic (exact) mass is 219 g/mol. The molecule has 0 aromatic carbocycles. The van der Waals surface area contributed by atoms with Crippen LogP contribution in [-0.2, 0) is 0 Å². The lowest BCUT2D eigenvalue weighted by molar-refractivity contribution is 0.471. The zero-order chi connectivity index (χ0) is 9.84. The topological polar surface area (TPSA) is 48.7 Å². The van der Waals surface area contributed by atoms with E-state index < -0.39 is 0 Å². The Morgan fingerprint density at radius 2 is 2.31 bits per heavy atom. The van der Waals surface area contributed by atoms with Crippen molar-refractivity contribution < 1.29 is 5.11 Å². The van der Waals surface area contributed by atoms with Gasteiger partial charge in [0.15, 0.2) is 0 Å². The molecule has 0 fully saturated rings. The number of aromatic hydroxyl groups is 1. The smallest absolute Gasteiger partial charge is 0.143 e. The van der Waals surface area contributed by atoms with Crippen LogP contribution in [0.1, 0.15) is 12.6 Å². The summed E-state index contributed by atoms with van der Waals surface area (Å²) in [7, 11) is 0. The first-order valence-electron chi connectivity index (χ1n) is 3.42. The molecule has 0 spiro atoms. The molecule has 0 aliphatic carbocycles. The molecule has 0 saturated heterocycles.